The first-order chi connectivity index (χ1) is 6.65. The lowest BCUT2D eigenvalue weighted by Gasteiger charge is -2.09. The summed E-state index contributed by atoms with van der Waals surface area (Å²) in [6.45, 7) is 2.65. The van der Waals surface area contributed by atoms with Crippen molar-refractivity contribution in [2.45, 2.75) is 6.92 Å². The fourth-order valence-electron chi connectivity index (χ4n) is 1.04. The zero-order valence-corrected chi connectivity index (χ0v) is 9.36. The Labute approximate surface area is 93.7 Å². The number of nitrogens with two attached hydrogens (primary N) is 1. The molecule has 0 heterocycles. The molecule has 0 atom stereocenters. The van der Waals surface area contributed by atoms with E-state index in [1.54, 1.807) is 12.1 Å². The van der Waals surface area contributed by atoms with Crippen molar-refractivity contribution in [3.63, 3.8) is 0 Å². The van der Waals surface area contributed by atoms with E-state index in [1.165, 1.54) is 0 Å². The van der Waals surface area contributed by atoms with Gasteiger partial charge in [-0.15, -0.1) is 0 Å². The van der Waals surface area contributed by atoms with Crippen LogP contribution in [0.4, 0.5) is 11.4 Å². The summed E-state index contributed by atoms with van der Waals surface area (Å²) in [6, 6.07) is 3.34. The van der Waals surface area contributed by atoms with E-state index >= 15 is 0 Å². The van der Waals surface area contributed by atoms with E-state index in [-0.39, 0.29) is 0 Å². The van der Waals surface area contributed by atoms with Gasteiger partial charge in [0.05, 0.1) is 15.7 Å². The number of hydrogen-bond acceptors (Lipinski definition) is 2. The Kier molecular flexibility index (Phi) is 4.11. The number of nitrogens with one attached hydrogen (secondary N) is 1. The summed E-state index contributed by atoms with van der Waals surface area (Å²) < 4.78 is 0. The molecular formula is C10H12Cl2N2. The molecule has 4 heteroatoms. The molecule has 76 valence electrons. The molecule has 1 aromatic rings. The Hall–Kier alpha value is -0.860. The van der Waals surface area contributed by atoms with Gasteiger partial charge < -0.3 is 11.1 Å². The van der Waals surface area contributed by atoms with Gasteiger partial charge in [0.1, 0.15) is 0 Å². The SMILES string of the molecule is C/C=C/CNc1c(Cl)cc(N)cc1Cl. The zero-order valence-electron chi connectivity index (χ0n) is 7.85. The number of rotatable bonds is 3. The van der Waals surface area contributed by atoms with Crippen LogP contribution in [0.15, 0.2) is 24.3 Å². The summed E-state index contributed by atoms with van der Waals surface area (Å²) in [5.74, 6) is 0. The van der Waals surface area contributed by atoms with E-state index in [2.05, 4.69) is 5.32 Å². The Bertz CT molecular complexity index is 325. The summed E-state index contributed by atoms with van der Waals surface area (Å²) in [4.78, 5) is 0. The first-order valence-corrected chi connectivity index (χ1v) is 5.00. The van der Waals surface area contributed by atoms with Crippen LogP contribution in [0, 0.1) is 0 Å². The molecule has 0 aliphatic rings. The number of nitrogen functional groups attached to an aromatic ring is 1. The van der Waals surface area contributed by atoms with E-state index in [9.17, 15) is 0 Å². The summed E-state index contributed by atoms with van der Waals surface area (Å²) in [5.41, 5.74) is 6.86. The highest BCUT2D eigenvalue weighted by Crippen LogP contribution is 2.32. The van der Waals surface area contributed by atoms with Gasteiger partial charge in [-0.05, 0) is 19.1 Å². The molecule has 0 unspecified atom stereocenters. The van der Waals surface area contributed by atoms with Gasteiger partial charge in [-0.1, -0.05) is 35.4 Å². The molecule has 1 rings (SSSR count). The van der Waals surface area contributed by atoms with E-state index in [1.807, 2.05) is 19.1 Å². The molecule has 0 aliphatic heterocycles. The fraction of sp³-hybridized carbons (Fsp3) is 0.200. The highest BCUT2D eigenvalue weighted by Gasteiger charge is 2.05. The molecule has 0 amide bonds. The van der Waals surface area contributed by atoms with Gasteiger partial charge in [0, 0.05) is 12.2 Å². The lowest BCUT2D eigenvalue weighted by atomic mass is 10.3. The lowest BCUT2D eigenvalue weighted by Crippen LogP contribution is -2.00. The van der Waals surface area contributed by atoms with Crippen LogP contribution in [0.5, 0.6) is 0 Å². The molecule has 0 radical (unpaired) electrons. The van der Waals surface area contributed by atoms with Crippen molar-refractivity contribution in [1.82, 2.24) is 0 Å². The van der Waals surface area contributed by atoms with Crippen molar-refractivity contribution in [1.29, 1.82) is 0 Å². The van der Waals surface area contributed by atoms with Gasteiger partial charge in [0.15, 0.2) is 0 Å². The average molecular weight is 231 g/mol. The normalized spacial score (nSPS) is 10.8. The van der Waals surface area contributed by atoms with E-state index < -0.39 is 0 Å². The second-order valence-corrected chi connectivity index (χ2v) is 3.62. The third-order valence-electron chi connectivity index (χ3n) is 1.70. The second-order valence-electron chi connectivity index (χ2n) is 2.81. The van der Waals surface area contributed by atoms with E-state index in [4.69, 9.17) is 28.9 Å². The van der Waals surface area contributed by atoms with Crippen molar-refractivity contribution < 1.29 is 0 Å². The average Bonchev–Trinajstić information content (AvgIpc) is 2.09. The van der Waals surface area contributed by atoms with Crippen LogP contribution >= 0.6 is 23.2 Å². The number of benzene rings is 1. The van der Waals surface area contributed by atoms with Crippen molar-refractivity contribution >= 4 is 34.6 Å². The Morgan fingerprint density at radius 3 is 2.43 bits per heavy atom. The van der Waals surface area contributed by atoms with Crippen LogP contribution < -0.4 is 11.1 Å². The first kappa shape index (κ1) is 11.2. The molecule has 0 bridgehead atoms. The monoisotopic (exact) mass is 230 g/mol. The standard InChI is InChI=1S/C10H12Cl2N2/c1-2-3-4-14-10-8(11)5-7(13)6-9(10)12/h2-3,5-6,14H,4,13H2,1H3/b3-2+. The Balaban J connectivity index is 2.85. The van der Waals surface area contributed by atoms with Crippen LogP contribution in [0.1, 0.15) is 6.92 Å². The Morgan fingerprint density at radius 1 is 1.36 bits per heavy atom. The number of halogens is 2. The summed E-state index contributed by atoms with van der Waals surface area (Å²) >= 11 is 11.9. The van der Waals surface area contributed by atoms with Crippen molar-refractivity contribution in [2.24, 2.45) is 0 Å². The van der Waals surface area contributed by atoms with Crippen LogP contribution in [0.2, 0.25) is 10.0 Å². The number of hydrogen-bond donors (Lipinski definition) is 2. The number of allylic oxidation sites excluding steroid dienone is 1. The van der Waals surface area contributed by atoms with Crippen molar-refractivity contribution in [3.05, 3.63) is 34.3 Å². The van der Waals surface area contributed by atoms with Gasteiger partial charge >= 0.3 is 0 Å². The molecule has 0 fully saturated rings. The fourth-order valence-corrected chi connectivity index (χ4v) is 1.68. The minimum atomic E-state index is 0.541. The van der Waals surface area contributed by atoms with Gasteiger partial charge in [-0.25, -0.2) is 0 Å². The highest BCUT2D eigenvalue weighted by molar-refractivity contribution is 6.39. The molecule has 0 spiro atoms. The molecule has 0 aliphatic carbocycles. The predicted octanol–water partition coefficient (Wildman–Crippen LogP) is 3.56. The quantitative estimate of drug-likeness (QED) is 0.616. The Morgan fingerprint density at radius 2 is 1.93 bits per heavy atom. The maximum atomic E-state index is 5.96. The van der Waals surface area contributed by atoms with Gasteiger partial charge in [-0.2, -0.15) is 0 Å². The molecule has 0 saturated heterocycles. The topological polar surface area (TPSA) is 38.0 Å². The van der Waals surface area contributed by atoms with Crippen LogP contribution in [-0.4, -0.2) is 6.54 Å². The van der Waals surface area contributed by atoms with Crippen LogP contribution in [0.25, 0.3) is 0 Å². The van der Waals surface area contributed by atoms with E-state index in [0.717, 1.165) is 5.69 Å². The lowest BCUT2D eigenvalue weighted by molar-refractivity contribution is 1.33. The minimum absolute atomic E-state index is 0.541. The maximum absolute atomic E-state index is 5.96. The summed E-state index contributed by atoms with van der Waals surface area (Å²) in [7, 11) is 0. The predicted molar refractivity (Wildman–Crippen MR) is 64.2 cm³/mol. The largest absolute Gasteiger partial charge is 0.399 e. The second kappa shape index (κ2) is 5.13. The van der Waals surface area contributed by atoms with Crippen LogP contribution in [0.3, 0.4) is 0 Å². The summed E-state index contributed by atoms with van der Waals surface area (Å²) in [5, 5.41) is 4.19. The molecule has 3 N–H and O–H groups in total. The molecule has 1 aromatic carbocycles. The van der Waals surface area contributed by atoms with Crippen LogP contribution in [-0.2, 0) is 0 Å². The third kappa shape index (κ3) is 2.82. The molecular weight excluding hydrogens is 219 g/mol. The number of anilines is 2. The van der Waals surface area contributed by atoms with Crippen molar-refractivity contribution in [2.75, 3.05) is 17.6 Å². The highest BCUT2D eigenvalue weighted by atomic mass is 35.5. The van der Waals surface area contributed by atoms with E-state index in [0.29, 0.717) is 22.3 Å². The maximum Gasteiger partial charge on any atom is 0.0722 e. The first-order valence-electron chi connectivity index (χ1n) is 4.24. The molecule has 2 nitrogen and oxygen atoms in total. The smallest absolute Gasteiger partial charge is 0.0722 e. The molecule has 0 aromatic heterocycles. The van der Waals surface area contributed by atoms with Gasteiger partial charge in [0.25, 0.3) is 0 Å². The zero-order chi connectivity index (χ0) is 10.6. The third-order valence-corrected chi connectivity index (χ3v) is 2.29. The molecule has 14 heavy (non-hydrogen) atoms. The summed E-state index contributed by atoms with van der Waals surface area (Å²) in [6.07, 6.45) is 3.93. The van der Waals surface area contributed by atoms with Crippen molar-refractivity contribution in [3.8, 4) is 0 Å². The van der Waals surface area contributed by atoms with Gasteiger partial charge in [-0.3, -0.25) is 0 Å². The molecule has 0 saturated carbocycles. The minimum Gasteiger partial charge on any atom is -0.399 e. The van der Waals surface area contributed by atoms with Gasteiger partial charge in [0.2, 0.25) is 0 Å².